The standard InChI is InChI=1S/C14H16N2O/c1-9(17)14-11-8-15(2)7-10-5-4-6-12(13(10)11)16(14)3/h4-6H,7-8H2,1-3H3. The first kappa shape index (κ1) is 10.5. The Morgan fingerprint density at radius 1 is 1.24 bits per heavy atom. The lowest BCUT2D eigenvalue weighted by Gasteiger charge is -2.23. The van der Waals surface area contributed by atoms with Crippen LogP contribution in [0.5, 0.6) is 0 Å². The maximum absolute atomic E-state index is 11.8. The van der Waals surface area contributed by atoms with Gasteiger partial charge in [0.2, 0.25) is 0 Å². The fourth-order valence-corrected chi connectivity index (χ4v) is 3.01. The molecule has 17 heavy (non-hydrogen) atoms. The van der Waals surface area contributed by atoms with E-state index in [1.807, 2.05) is 11.6 Å². The largest absolute Gasteiger partial charge is 0.341 e. The van der Waals surface area contributed by atoms with Crippen LogP contribution in [0.25, 0.3) is 10.9 Å². The van der Waals surface area contributed by atoms with Crippen LogP contribution >= 0.6 is 0 Å². The Kier molecular flexibility index (Phi) is 2.13. The minimum Gasteiger partial charge on any atom is -0.341 e. The molecule has 1 aromatic heterocycles. The van der Waals surface area contributed by atoms with Gasteiger partial charge >= 0.3 is 0 Å². The molecule has 0 fully saturated rings. The van der Waals surface area contributed by atoms with E-state index in [1.165, 1.54) is 22.0 Å². The number of hydrogen-bond acceptors (Lipinski definition) is 2. The van der Waals surface area contributed by atoms with Crippen molar-refractivity contribution in [1.82, 2.24) is 9.47 Å². The molecule has 0 radical (unpaired) electrons. The van der Waals surface area contributed by atoms with E-state index in [0.29, 0.717) is 0 Å². The van der Waals surface area contributed by atoms with Crippen molar-refractivity contribution in [2.75, 3.05) is 7.05 Å². The maximum Gasteiger partial charge on any atom is 0.176 e. The second-order valence-corrected chi connectivity index (χ2v) is 4.93. The van der Waals surface area contributed by atoms with Crippen LogP contribution < -0.4 is 0 Å². The molecule has 2 heterocycles. The minimum absolute atomic E-state index is 0.153. The number of nitrogens with zero attached hydrogens (tertiary/aromatic N) is 2. The van der Waals surface area contributed by atoms with Gasteiger partial charge in [-0.1, -0.05) is 12.1 Å². The van der Waals surface area contributed by atoms with E-state index >= 15 is 0 Å². The molecule has 0 amide bonds. The highest BCUT2D eigenvalue weighted by Gasteiger charge is 2.24. The minimum atomic E-state index is 0.153. The highest BCUT2D eigenvalue weighted by Crippen LogP contribution is 2.33. The summed E-state index contributed by atoms with van der Waals surface area (Å²) in [6.45, 7) is 3.48. The summed E-state index contributed by atoms with van der Waals surface area (Å²) < 4.78 is 2.04. The molecule has 0 atom stereocenters. The lowest BCUT2D eigenvalue weighted by molar-refractivity contribution is 0.100. The molecular formula is C14H16N2O. The molecule has 1 aliphatic rings. The predicted molar refractivity (Wildman–Crippen MR) is 68.1 cm³/mol. The predicted octanol–water partition coefficient (Wildman–Crippen LogP) is 2.33. The molecule has 2 aromatic rings. The average Bonchev–Trinajstić information content (AvgIpc) is 2.53. The van der Waals surface area contributed by atoms with E-state index in [4.69, 9.17) is 0 Å². The van der Waals surface area contributed by atoms with Crippen molar-refractivity contribution in [2.45, 2.75) is 20.0 Å². The molecule has 0 N–H and O–H groups in total. The van der Waals surface area contributed by atoms with Gasteiger partial charge in [0.15, 0.2) is 5.78 Å². The van der Waals surface area contributed by atoms with Crippen LogP contribution in [0.2, 0.25) is 0 Å². The highest BCUT2D eigenvalue weighted by molar-refractivity contribution is 6.02. The molecule has 0 saturated heterocycles. The van der Waals surface area contributed by atoms with Crippen molar-refractivity contribution in [3.8, 4) is 0 Å². The van der Waals surface area contributed by atoms with Gasteiger partial charge in [-0.05, 0) is 18.7 Å². The molecule has 0 spiro atoms. The average molecular weight is 228 g/mol. The number of benzene rings is 1. The monoisotopic (exact) mass is 228 g/mol. The number of aryl methyl sites for hydroxylation is 1. The Bertz CT molecular complexity index is 625. The van der Waals surface area contributed by atoms with Gasteiger partial charge in [-0.2, -0.15) is 0 Å². The van der Waals surface area contributed by atoms with E-state index in [9.17, 15) is 4.79 Å². The van der Waals surface area contributed by atoms with Gasteiger partial charge in [0, 0.05) is 43.5 Å². The molecule has 3 nitrogen and oxygen atoms in total. The number of rotatable bonds is 1. The van der Waals surface area contributed by atoms with Crippen molar-refractivity contribution in [1.29, 1.82) is 0 Å². The summed E-state index contributed by atoms with van der Waals surface area (Å²) in [6.07, 6.45) is 0. The number of hydrogen-bond donors (Lipinski definition) is 0. The second kappa shape index (κ2) is 3.44. The topological polar surface area (TPSA) is 25.2 Å². The summed E-state index contributed by atoms with van der Waals surface area (Å²) in [7, 11) is 4.08. The fraction of sp³-hybridized carbons (Fsp3) is 0.357. The van der Waals surface area contributed by atoms with Gasteiger partial charge in [-0.15, -0.1) is 0 Å². The van der Waals surface area contributed by atoms with Crippen molar-refractivity contribution in [3.05, 3.63) is 35.0 Å². The second-order valence-electron chi connectivity index (χ2n) is 4.93. The molecule has 1 aromatic carbocycles. The molecule has 0 saturated carbocycles. The van der Waals surface area contributed by atoms with Crippen LogP contribution in [0.3, 0.4) is 0 Å². The zero-order chi connectivity index (χ0) is 12.2. The zero-order valence-corrected chi connectivity index (χ0v) is 10.4. The number of ketones is 1. The lowest BCUT2D eigenvalue weighted by Crippen LogP contribution is -2.22. The summed E-state index contributed by atoms with van der Waals surface area (Å²) >= 11 is 0. The molecule has 0 unspecified atom stereocenters. The maximum atomic E-state index is 11.8. The first-order valence-corrected chi connectivity index (χ1v) is 5.88. The fourth-order valence-electron chi connectivity index (χ4n) is 3.01. The Hall–Kier alpha value is -1.61. The van der Waals surface area contributed by atoms with Crippen molar-refractivity contribution >= 4 is 16.7 Å². The van der Waals surface area contributed by atoms with E-state index in [1.54, 1.807) is 6.92 Å². The number of aromatic nitrogens is 1. The molecule has 1 aliphatic heterocycles. The third-order valence-corrected chi connectivity index (χ3v) is 3.61. The number of carbonyl (C=O) groups excluding carboxylic acids is 1. The van der Waals surface area contributed by atoms with Gasteiger partial charge in [-0.3, -0.25) is 9.69 Å². The van der Waals surface area contributed by atoms with Crippen LogP contribution in [0, 0.1) is 0 Å². The van der Waals surface area contributed by atoms with Crippen LogP contribution in [-0.4, -0.2) is 22.3 Å². The molecular weight excluding hydrogens is 212 g/mol. The first-order chi connectivity index (χ1) is 8.09. The quantitative estimate of drug-likeness (QED) is 0.700. The van der Waals surface area contributed by atoms with E-state index in [2.05, 4.69) is 30.1 Å². The van der Waals surface area contributed by atoms with Crippen molar-refractivity contribution in [2.24, 2.45) is 7.05 Å². The molecule has 88 valence electrons. The number of carbonyl (C=O) groups is 1. The summed E-state index contributed by atoms with van der Waals surface area (Å²) in [5, 5.41) is 1.29. The van der Waals surface area contributed by atoms with Gasteiger partial charge in [-0.25, -0.2) is 0 Å². The van der Waals surface area contributed by atoms with Gasteiger partial charge in [0.05, 0.1) is 5.69 Å². The highest BCUT2D eigenvalue weighted by atomic mass is 16.1. The normalized spacial score (nSPS) is 15.5. The first-order valence-electron chi connectivity index (χ1n) is 5.88. The van der Waals surface area contributed by atoms with Crippen molar-refractivity contribution in [3.63, 3.8) is 0 Å². The van der Waals surface area contributed by atoms with E-state index < -0.39 is 0 Å². The van der Waals surface area contributed by atoms with Crippen LogP contribution in [-0.2, 0) is 20.1 Å². The summed E-state index contributed by atoms with van der Waals surface area (Å²) in [6, 6.07) is 6.33. The summed E-state index contributed by atoms with van der Waals surface area (Å²) in [4.78, 5) is 14.1. The molecule has 3 rings (SSSR count). The van der Waals surface area contributed by atoms with Crippen LogP contribution in [0.4, 0.5) is 0 Å². The smallest absolute Gasteiger partial charge is 0.176 e. The Balaban J connectivity index is 2.45. The van der Waals surface area contributed by atoms with E-state index in [0.717, 1.165) is 18.8 Å². The summed E-state index contributed by atoms with van der Waals surface area (Å²) in [5.74, 6) is 0.153. The van der Waals surface area contributed by atoms with Crippen LogP contribution in [0.1, 0.15) is 28.5 Å². The van der Waals surface area contributed by atoms with Gasteiger partial charge in [0.25, 0.3) is 0 Å². The Morgan fingerprint density at radius 2 is 2.00 bits per heavy atom. The van der Waals surface area contributed by atoms with Gasteiger partial charge < -0.3 is 4.57 Å². The van der Waals surface area contributed by atoms with Crippen molar-refractivity contribution < 1.29 is 4.79 Å². The molecule has 0 aliphatic carbocycles. The number of Topliss-reactive ketones (excluding diaryl/α,β-unsaturated/α-hetero) is 1. The third-order valence-electron chi connectivity index (χ3n) is 3.61. The summed E-state index contributed by atoms with van der Waals surface area (Å²) in [5.41, 5.74) is 4.56. The van der Waals surface area contributed by atoms with Gasteiger partial charge in [0.1, 0.15) is 0 Å². The molecule has 3 heteroatoms. The Labute approximate surface area is 101 Å². The van der Waals surface area contributed by atoms with E-state index in [-0.39, 0.29) is 5.78 Å². The molecule has 0 bridgehead atoms. The zero-order valence-electron chi connectivity index (χ0n) is 10.4. The SMILES string of the molecule is CC(=O)c1c2c3c(cccc3n1C)CN(C)C2. The lowest BCUT2D eigenvalue weighted by atomic mass is 9.99. The van der Waals surface area contributed by atoms with Crippen LogP contribution in [0.15, 0.2) is 18.2 Å². The Morgan fingerprint density at radius 3 is 2.71 bits per heavy atom. The third kappa shape index (κ3) is 1.35.